The molecule has 124 valence electrons. The molecule has 0 spiro atoms. The van der Waals surface area contributed by atoms with Crippen LogP contribution in [0.5, 0.6) is 0 Å². The van der Waals surface area contributed by atoms with Crippen molar-refractivity contribution in [3.8, 4) is 0 Å². The van der Waals surface area contributed by atoms with Gasteiger partial charge in [-0.25, -0.2) is 4.79 Å². The van der Waals surface area contributed by atoms with Crippen molar-refractivity contribution in [1.29, 1.82) is 0 Å². The molecule has 23 heavy (non-hydrogen) atoms. The molecule has 7 nitrogen and oxygen atoms in total. The van der Waals surface area contributed by atoms with Gasteiger partial charge in [0.25, 0.3) is 5.91 Å². The molecule has 1 saturated heterocycles. The molecule has 0 atom stereocenters. The quantitative estimate of drug-likeness (QED) is 0.577. The Morgan fingerprint density at radius 2 is 1.87 bits per heavy atom. The second kappa shape index (κ2) is 7.96. The minimum absolute atomic E-state index is 0.00164. The number of carbonyl (C=O) groups excluding carboxylic acids is 3. The summed E-state index contributed by atoms with van der Waals surface area (Å²) in [5.74, 6) is -0.386. The molecule has 1 fully saturated rings. The maximum atomic E-state index is 12.0. The fourth-order valence-electron chi connectivity index (χ4n) is 2.11. The molecule has 8 heteroatoms. The molecule has 2 rings (SSSR count). The zero-order valence-electron chi connectivity index (χ0n) is 12.7. The number of carbonyl (C=O) groups is 3. The van der Waals surface area contributed by atoms with Crippen molar-refractivity contribution in [3.63, 3.8) is 0 Å². The van der Waals surface area contributed by atoms with E-state index in [9.17, 15) is 14.4 Å². The summed E-state index contributed by atoms with van der Waals surface area (Å²) in [5, 5.41) is 0. The number of nitrogens with zero attached hydrogens (tertiary/aromatic N) is 2. The largest absolute Gasteiger partial charge is 0.452 e. The lowest BCUT2D eigenvalue weighted by Crippen LogP contribution is -2.51. The Kier molecular flexibility index (Phi) is 5.97. The Labute approximate surface area is 142 Å². The third-order valence-corrected chi connectivity index (χ3v) is 3.82. The lowest BCUT2D eigenvalue weighted by Gasteiger charge is -2.34. The molecule has 0 aromatic carbocycles. The topological polar surface area (TPSA) is 80.1 Å². The summed E-state index contributed by atoms with van der Waals surface area (Å²) in [6, 6.07) is 3.39. The standard InChI is InChI=1S/C15H17BrN2O5/c1-11(19)17-6-8-18(9-7-17)14(20)10-22-15(21)5-3-12-2-4-13(16)23-12/h2-5H,6-10H2,1H3/b5-3+. The predicted octanol–water partition coefficient (Wildman–Crippen LogP) is 1.29. The van der Waals surface area contributed by atoms with E-state index in [1.807, 2.05) is 0 Å². The van der Waals surface area contributed by atoms with Crippen molar-refractivity contribution in [2.75, 3.05) is 32.8 Å². The first kappa shape index (κ1) is 17.3. The molecule has 0 aliphatic carbocycles. The number of piperazine rings is 1. The lowest BCUT2D eigenvalue weighted by molar-refractivity contribution is -0.149. The van der Waals surface area contributed by atoms with Crippen molar-refractivity contribution in [3.05, 3.63) is 28.6 Å². The number of esters is 1. The van der Waals surface area contributed by atoms with Crippen LogP contribution in [-0.2, 0) is 19.1 Å². The summed E-state index contributed by atoms with van der Waals surface area (Å²) >= 11 is 3.15. The zero-order chi connectivity index (χ0) is 16.8. The molecular weight excluding hydrogens is 368 g/mol. The first-order chi connectivity index (χ1) is 11.0. The molecule has 2 heterocycles. The Hall–Kier alpha value is -2.09. The average molecular weight is 385 g/mol. The van der Waals surface area contributed by atoms with Crippen molar-refractivity contribution >= 4 is 39.8 Å². The summed E-state index contributed by atoms with van der Waals surface area (Å²) in [4.78, 5) is 38.0. The summed E-state index contributed by atoms with van der Waals surface area (Å²) in [6.45, 7) is 3.09. The second-order valence-corrected chi connectivity index (χ2v) is 5.75. The summed E-state index contributed by atoms with van der Waals surface area (Å²) in [7, 11) is 0. The van der Waals surface area contributed by atoms with Crippen molar-refractivity contribution in [1.82, 2.24) is 9.80 Å². The maximum Gasteiger partial charge on any atom is 0.331 e. The monoisotopic (exact) mass is 384 g/mol. The molecule has 2 amide bonds. The number of halogens is 1. The van der Waals surface area contributed by atoms with E-state index in [0.717, 1.165) is 0 Å². The van der Waals surface area contributed by atoms with Crippen LogP contribution in [0.4, 0.5) is 0 Å². The van der Waals surface area contributed by atoms with E-state index in [2.05, 4.69) is 15.9 Å². The van der Waals surface area contributed by atoms with E-state index in [1.165, 1.54) is 19.1 Å². The molecular formula is C15H17BrN2O5. The van der Waals surface area contributed by atoms with Crippen LogP contribution in [0, 0.1) is 0 Å². The van der Waals surface area contributed by atoms with Crippen LogP contribution in [0.15, 0.2) is 27.3 Å². The van der Waals surface area contributed by atoms with Crippen LogP contribution < -0.4 is 0 Å². The fourth-order valence-corrected chi connectivity index (χ4v) is 2.43. The molecule has 1 aliphatic rings. The van der Waals surface area contributed by atoms with Gasteiger partial charge in [-0.2, -0.15) is 0 Å². The number of hydrogen-bond acceptors (Lipinski definition) is 5. The minimum Gasteiger partial charge on any atom is -0.452 e. The highest BCUT2D eigenvalue weighted by atomic mass is 79.9. The van der Waals surface area contributed by atoms with Gasteiger partial charge in [-0.05, 0) is 34.1 Å². The highest BCUT2D eigenvalue weighted by Crippen LogP contribution is 2.15. The first-order valence-electron chi connectivity index (χ1n) is 7.09. The number of hydrogen-bond donors (Lipinski definition) is 0. The van der Waals surface area contributed by atoms with Crippen LogP contribution in [0.1, 0.15) is 12.7 Å². The fraction of sp³-hybridized carbons (Fsp3) is 0.400. The smallest absolute Gasteiger partial charge is 0.331 e. The predicted molar refractivity (Wildman–Crippen MR) is 85.2 cm³/mol. The van der Waals surface area contributed by atoms with Gasteiger partial charge in [-0.3, -0.25) is 9.59 Å². The molecule has 0 bridgehead atoms. The zero-order valence-corrected chi connectivity index (χ0v) is 14.2. The number of furan rings is 1. The molecule has 0 unspecified atom stereocenters. The van der Waals surface area contributed by atoms with Crippen LogP contribution in [0.3, 0.4) is 0 Å². The Balaban J connectivity index is 1.73. The molecule has 0 N–H and O–H groups in total. The third kappa shape index (κ3) is 5.24. The van der Waals surface area contributed by atoms with Crippen LogP contribution >= 0.6 is 15.9 Å². The number of amides is 2. The van der Waals surface area contributed by atoms with Gasteiger partial charge in [0.2, 0.25) is 5.91 Å². The van der Waals surface area contributed by atoms with E-state index in [4.69, 9.17) is 9.15 Å². The highest BCUT2D eigenvalue weighted by molar-refractivity contribution is 9.10. The molecule has 0 radical (unpaired) electrons. The first-order valence-corrected chi connectivity index (χ1v) is 7.88. The Morgan fingerprint density at radius 1 is 1.22 bits per heavy atom. The Bertz CT molecular complexity index is 617. The van der Waals surface area contributed by atoms with Crippen molar-refractivity contribution in [2.24, 2.45) is 0 Å². The van der Waals surface area contributed by atoms with Gasteiger partial charge in [-0.1, -0.05) is 0 Å². The van der Waals surface area contributed by atoms with Gasteiger partial charge in [0.15, 0.2) is 11.3 Å². The normalized spacial score (nSPS) is 15.0. The van der Waals surface area contributed by atoms with E-state index in [0.29, 0.717) is 36.6 Å². The van der Waals surface area contributed by atoms with Gasteiger partial charge in [0.1, 0.15) is 5.76 Å². The van der Waals surface area contributed by atoms with E-state index < -0.39 is 5.97 Å². The van der Waals surface area contributed by atoms with Crippen molar-refractivity contribution < 1.29 is 23.5 Å². The van der Waals surface area contributed by atoms with E-state index in [-0.39, 0.29) is 18.4 Å². The molecule has 0 saturated carbocycles. The summed E-state index contributed by atoms with van der Waals surface area (Å²) in [5.41, 5.74) is 0. The number of rotatable bonds is 4. The van der Waals surface area contributed by atoms with Gasteiger partial charge in [0.05, 0.1) is 0 Å². The van der Waals surface area contributed by atoms with Gasteiger partial charge >= 0.3 is 5.97 Å². The highest BCUT2D eigenvalue weighted by Gasteiger charge is 2.22. The van der Waals surface area contributed by atoms with Gasteiger partial charge in [0, 0.05) is 39.2 Å². The SMILES string of the molecule is CC(=O)N1CCN(C(=O)COC(=O)/C=C/c2ccc(Br)o2)CC1. The summed E-state index contributed by atoms with van der Waals surface area (Å²) < 4.78 is 10.7. The maximum absolute atomic E-state index is 12.0. The number of ether oxygens (including phenoxy) is 1. The Morgan fingerprint density at radius 3 is 2.43 bits per heavy atom. The van der Waals surface area contributed by atoms with E-state index in [1.54, 1.807) is 21.9 Å². The molecule has 1 aromatic heterocycles. The molecule has 1 aromatic rings. The second-order valence-electron chi connectivity index (χ2n) is 4.97. The lowest BCUT2D eigenvalue weighted by atomic mass is 10.3. The van der Waals surface area contributed by atoms with Gasteiger partial charge in [-0.15, -0.1) is 0 Å². The van der Waals surface area contributed by atoms with Gasteiger partial charge < -0.3 is 19.0 Å². The average Bonchev–Trinajstić information content (AvgIpc) is 2.96. The van der Waals surface area contributed by atoms with E-state index >= 15 is 0 Å². The van der Waals surface area contributed by atoms with Crippen LogP contribution in [0.25, 0.3) is 6.08 Å². The van der Waals surface area contributed by atoms with Crippen LogP contribution in [-0.4, -0.2) is 60.4 Å². The summed E-state index contributed by atoms with van der Waals surface area (Å²) in [6.07, 6.45) is 2.66. The van der Waals surface area contributed by atoms with Crippen LogP contribution in [0.2, 0.25) is 0 Å². The molecule has 1 aliphatic heterocycles. The third-order valence-electron chi connectivity index (χ3n) is 3.39. The van der Waals surface area contributed by atoms with Crippen molar-refractivity contribution in [2.45, 2.75) is 6.92 Å². The minimum atomic E-state index is -0.617.